The molecule has 2 atom stereocenters. The highest BCUT2D eigenvalue weighted by atomic mass is 35.5. The molecule has 0 radical (unpaired) electrons. The number of carbonyl (C=O) groups excluding carboxylic acids is 1. The summed E-state index contributed by atoms with van der Waals surface area (Å²) in [4.78, 5) is 13.5. The Morgan fingerprint density at radius 1 is 0.923 bits per heavy atom. The Hall–Kier alpha value is -1.98. The highest BCUT2D eigenvalue weighted by Crippen LogP contribution is 2.66. The molecule has 7 heteroatoms. The maximum Gasteiger partial charge on any atom is 0.253 e. The Morgan fingerprint density at radius 2 is 1.59 bits per heavy atom. The minimum atomic E-state index is -0.0854. The molecule has 1 heterocycles. The van der Waals surface area contributed by atoms with Crippen molar-refractivity contribution in [1.29, 1.82) is 0 Å². The van der Waals surface area contributed by atoms with E-state index in [1.165, 1.54) is 38.5 Å². The van der Waals surface area contributed by atoms with Crippen molar-refractivity contribution >= 4 is 40.7 Å². The van der Waals surface area contributed by atoms with Gasteiger partial charge in [0.05, 0.1) is 22.0 Å². The number of aromatic nitrogens is 1. The van der Waals surface area contributed by atoms with Crippen molar-refractivity contribution in [2.75, 3.05) is 13.1 Å². The van der Waals surface area contributed by atoms with Crippen molar-refractivity contribution in [2.45, 2.75) is 64.8 Å². The maximum absolute atomic E-state index is 13.5. The number of benzene rings is 2. The van der Waals surface area contributed by atoms with E-state index in [-0.39, 0.29) is 11.4 Å². The van der Waals surface area contributed by atoms with E-state index < -0.39 is 0 Å². The van der Waals surface area contributed by atoms with E-state index >= 15 is 0 Å². The molecule has 4 aliphatic carbocycles. The van der Waals surface area contributed by atoms with Gasteiger partial charge in [0, 0.05) is 34.9 Å². The van der Waals surface area contributed by atoms with Crippen LogP contribution in [0.4, 0.5) is 0 Å². The van der Waals surface area contributed by atoms with Crippen molar-refractivity contribution in [3.05, 3.63) is 74.9 Å². The zero-order chi connectivity index (χ0) is 27.6. The molecule has 4 nitrogen and oxygen atoms in total. The molecule has 4 saturated carbocycles. The summed E-state index contributed by atoms with van der Waals surface area (Å²) in [5.41, 5.74) is 5.27. The summed E-state index contributed by atoms with van der Waals surface area (Å²) < 4.78 is 1.97. The summed E-state index contributed by atoms with van der Waals surface area (Å²) in [7, 11) is 0. The molecule has 2 unspecified atom stereocenters. The molecule has 1 amide bonds. The van der Waals surface area contributed by atoms with E-state index in [9.17, 15) is 4.79 Å². The van der Waals surface area contributed by atoms with Gasteiger partial charge in [0.25, 0.3) is 5.91 Å². The third-order valence-electron chi connectivity index (χ3n) is 9.33. The molecule has 3 aromatic rings. The maximum atomic E-state index is 13.5. The fourth-order valence-corrected chi connectivity index (χ4v) is 9.53. The van der Waals surface area contributed by atoms with Crippen LogP contribution in [0.1, 0.15) is 68.3 Å². The minimum absolute atomic E-state index is 0.0854. The van der Waals surface area contributed by atoms with Crippen LogP contribution >= 0.6 is 34.8 Å². The second kappa shape index (κ2) is 9.83. The van der Waals surface area contributed by atoms with E-state index in [2.05, 4.69) is 24.5 Å². The number of nitrogens with one attached hydrogen (secondary N) is 2. The van der Waals surface area contributed by atoms with E-state index in [0.29, 0.717) is 38.0 Å². The molecule has 39 heavy (non-hydrogen) atoms. The first kappa shape index (κ1) is 27.2. The zero-order valence-corrected chi connectivity index (χ0v) is 25.1. The molecule has 206 valence electrons. The normalized spacial score (nSPS) is 29.1. The van der Waals surface area contributed by atoms with Crippen molar-refractivity contribution in [3.63, 3.8) is 0 Å². The summed E-state index contributed by atoms with van der Waals surface area (Å²) in [5.74, 6) is 0.754. The molecule has 7 rings (SSSR count). The standard InChI is InChI=1S/C32H36Cl3N3O/c1-20-25(16-38(27-9-8-24(34)12-26(27)35)28(20)22-4-6-23(33)7-5-22)29(39)36-10-11-37-32-15-21-13-30(2,18-32)17-31(3,14-21)19-32/h4-9,12,16,21,37H,10-11,13-15,17-19H2,1-3H3,(H,36,39). The van der Waals surface area contributed by atoms with Crippen LogP contribution in [0.25, 0.3) is 16.9 Å². The second-order valence-corrected chi connectivity index (χ2v) is 14.4. The first-order chi connectivity index (χ1) is 18.5. The fraction of sp³-hybridized carbons (Fsp3) is 0.469. The third kappa shape index (κ3) is 5.14. The van der Waals surface area contributed by atoms with Crippen LogP contribution in [0.5, 0.6) is 0 Å². The number of halogens is 3. The van der Waals surface area contributed by atoms with Gasteiger partial charge < -0.3 is 15.2 Å². The number of rotatable bonds is 7. The van der Waals surface area contributed by atoms with Gasteiger partial charge in [-0.25, -0.2) is 0 Å². The number of hydrogen-bond donors (Lipinski definition) is 2. The molecule has 0 spiro atoms. The molecule has 4 aliphatic rings. The SMILES string of the molecule is Cc1c(C(=O)NCCNC23CC4CC(C)(CC(C)(C4)C2)C3)cn(-c2ccc(Cl)cc2Cl)c1-c1ccc(Cl)cc1. The quantitative estimate of drug-likeness (QED) is 0.274. The van der Waals surface area contributed by atoms with E-state index in [4.69, 9.17) is 34.8 Å². The Bertz CT molecular complexity index is 1410. The molecule has 4 bridgehead atoms. The third-order valence-corrected chi connectivity index (χ3v) is 10.1. The Balaban J connectivity index is 1.21. The predicted octanol–water partition coefficient (Wildman–Crippen LogP) is 8.48. The lowest BCUT2D eigenvalue weighted by Gasteiger charge is -2.65. The molecule has 2 aromatic carbocycles. The summed E-state index contributed by atoms with van der Waals surface area (Å²) >= 11 is 18.9. The van der Waals surface area contributed by atoms with Crippen molar-refractivity contribution in [3.8, 4) is 16.9 Å². The average Bonchev–Trinajstić information content (AvgIpc) is 3.17. The van der Waals surface area contributed by atoms with E-state index in [1.807, 2.05) is 48.0 Å². The predicted molar refractivity (Wildman–Crippen MR) is 161 cm³/mol. The molecule has 4 fully saturated rings. The van der Waals surface area contributed by atoms with Crippen molar-refractivity contribution in [2.24, 2.45) is 16.7 Å². The van der Waals surface area contributed by atoms with Gasteiger partial charge in [-0.2, -0.15) is 0 Å². The Kier molecular flexibility index (Phi) is 6.86. The smallest absolute Gasteiger partial charge is 0.253 e. The summed E-state index contributed by atoms with van der Waals surface area (Å²) in [6.45, 7) is 8.33. The van der Waals surface area contributed by atoms with Gasteiger partial charge in [-0.3, -0.25) is 4.79 Å². The topological polar surface area (TPSA) is 46.1 Å². The molecule has 1 aromatic heterocycles. The van der Waals surface area contributed by atoms with Crippen LogP contribution < -0.4 is 10.6 Å². The lowest BCUT2D eigenvalue weighted by Crippen LogP contribution is -2.64. The monoisotopic (exact) mass is 583 g/mol. The van der Waals surface area contributed by atoms with Gasteiger partial charge in [-0.05, 0) is 104 Å². The Morgan fingerprint density at radius 3 is 2.23 bits per heavy atom. The molecule has 0 saturated heterocycles. The van der Waals surface area contributed by atoms with Crippen LogP contribution in [-0.4, -0.2) is 29.1 Å². The first-order valence-corrected chi connectivity index (χ1v) is 15.1. The van der Waals surface area contributed by atoms with Gasteiger partial charge in [0.1, 0.15) is 0 Å². The fourth-order valence-electron chi connectivity index (χ4n) is 8.90. The van der Waals surface area contributed by atoms with Gasteiger partial charge in [-0.15, -0.1) is 0 Å². The van der Waals surface area contributed by atoms with Gasteiger partial charge in [-0.1, -0.05) is 60.8 Å². The highest BCUT2D eigenvalue weighted by molar-refractivity contribution is 6.35. The molecule has 2 N–H and O–H groups in total. The van der Waals surface area contributed by atoms with Crippen LogP contribution in [0, 0.1) is 23.7 Å². The average molecular weight is 585 g/mol. The Labute approximate surface area is 246 Å². The van der Waals surface area contributed by atoms with Crippen LogP contribution in [0.15, 0.2) is 48.7 Å². The van der Waals surface area contributed by atoms with Gasteiger partial charge in [0.15, 0.2) is 0 Å². The molecule has 0 aliphatic heterocycles. The van der Waals surface area contributed by atoms with Crippen molar-refractivity contribution < 1.29 is 4.79 Å². The van der Waals surface area contributed by atoms with Crippen LogP contribution in [0.2, 0.25) is 15.1 Å². The number of amides is 1. The molecular formula is C32H36Cl3N3O. The van der Waals surface area contributed by atoms with Crippen molar-refractivity contribution in [1.82, 2.24) is 15.2 Å². The molecular weight excluding hydrogens is 549 g/mol. The summed E-state index contributed by atoms with van der Waals surface area (Å²) in [6.07, 6.45) is 9.79. The number of carbonyl (C=O) groups is 1. The largest absolute Gasteiger partial charge is 0.351 e. The highest BCUT2D eigenvalue weighted by Gasteiger charge is 2.59. The van der Waals surface area contributed by atoms with Gasteiger partial charge in [0.2, 0.25) is 0 Å². The summed E-state index contributed by atoms with van der Waals surface area (Å²) in [5, 5.41) is 8.84. The zero-order valence-electron chi connectivity index (χ0n) is 22.8. The van der Waals surface area contributed by atoms with E-state index in [1.54, 1.807) is 12.1 Å². The number of nitrogens with zero attached hydrogens (tertiary/aromatic N) is 1. The number of hydrogen-bond acceptors (Lipinski definition) is 2. The minimum Gasteiger partial charge on any atom is -0.351 e. The first-order valence-electron chi connectivity index (χ1n) is 13.9. The van der Waals surface area contributed by atoms with E-state index in [0.717, 1.165) is 35.0 Å². The lowest BCUT2D eigenvalue weighted by molar-refractivity contribution is -0.117. The van der Waals surface area contributed by atoms with Gasteiger partial charge >= 0.3 is 0 Å². The van der Waals surface area contributed by atoms with Crippen LogP contribution in [0.3, 0.4) is 0 Å². The van der Waals surface area contributed by atoms with Crippen LogP contribution in [-0.2, 0) is 0 Å². The summed E-state index contributed by atoms with van der Waals surface area (Å²) in [6, 6.07) is 13.0. The lowest BCUT2D eigenvalue weighted by atomic mass is 9.43. The second-order valence-electron chi connectivity index (χ2n) is 13.1.